The Morgan fingerprint density at radius 2 is 0.696 bits per heavy atom. The van der Waals surface area contributed by atoms with E-state index in [0.717, 1.165) is 0 Å². The van der Waals surface area contributed by atoms with Crippen LogP contribution in [0.1, 0.15) is 0 Å². The molecule has 0 unspecified atom stereocenters. The van der Waals surface area contributed by atoms with Crippen LogP contribution in [0.5, 0.6) is 0 Å². The average Bonchev–Trinajstić information content (AvgIpc) is 2.09. The van der Waals surface area contributed by atoms with Gasteiger partial charge in [-0.15, -0.1) is 0 Å². The first-order chi connectivity index (χ1) is 9.12. The molecule has 0 saturated carbocycles. The van der Waals surface area contributed by atoms with Crippen LogP contribution in [0.3, 0.4) is 0 Å². The quantitative estimate of drug-likeness (QED) is 0.429. The molecule has 0 saturated heterocycles. The molecular weight excluding hydrogens is 400 g/mol. The molecule has 0 aliphatic rings. The Kier molecular flexibility index (Phi) is 21.3. The third kappa shape index (κ3) is 248. The zero-order valence-electron chi connectivity index (χ0n) is 9.14. The van der Waals surface area contributed by atoms with E-state index in [2.05, 4.69) is 9.46 Å². The summed E-state index contributed by atoms with van der Waals surface area (Å²) in [5, 5.41) is 0. The summed E-state index contributed by atoms with van der Waals surface area (Å²) in [5.74, 6) is 0. The SMILES string of the molecule is F[B-](F)(F)F.F[B-](F)(F)F.F[B-](F)(F)F.O=P(O)(OF)OF.[LiH]. The van der Waals surface area contributed by atoms with Crippen molar-refractivity contribution in [1.82, 2.24) is 0 Å². The zero-order chi connectivity index (χ0) is 19.4. The molecule has 0 rings (SSSR count). The van der Waals surface area contributed by atoms with Crippen LogP contribution in [0.2, 0.25) is 0 Å². The topological polar surface area (TPSA) is 55.8 Å². The van der Waals surface area contributed by atoms with Gasteiger partial charge in [0.1, 0.15) is 0 Å². The van der Waals surface area contributed by atoms with E-state index < -0.39 is 29.6 Å². The van der Waals surface area contributed by atoms with Crippen LogP contribution in [0, 0.1) is 0 Å². The van der Waals surface area contributed by atoms with E-state index in [4.69, 9.17) is 4.89 Å². The van der Waals surface area contributed by atoms with Gasteiger partial charge in [0.15, 0.2) is 0 Å². The van der Waals surface area contributed by atoms with Gasteiger partial charge in [-0.25, -0.2) is 4.57 Å². The van der Waals surface area contributed by atoms with E-state index in [1.807, 2.05) is 0 Å². The molecule has 0 fully saturated rings. The fraction of sp³-hybridized carbons (Fsp3) is 0. The molecule has 0 bridgehead atoms. The number of halogens is 14. The van der Waals surface area contributed by atoms with Crippen molar-refractivity contribution >= 4 is 48.4 Å². The minimum atomic E-state index is -6.00. The molecule has 0 radical (unpaired) electrons. The van der Waals surface area contributed by atoms with Gasteiger partial charge in [-0.3, -0.25) is 4.89 Å². The minimum absolute atomic E-state index is 0. The standard InChI is InChI=1S/3BF4.F2HO4P.Li.H/c3*2-1(3,4)5;1-5-7(3,4)6-2;;/h;;;(H,3,4);;/q3*-1;;;. The van der Waals surface area contributed by atoms with Gasteiger partial charge in [0.05, 0.1) is 0 Å². The van der Waals surface area contributed by atoms with Gasteiger partial charge >= 0.3 is 48.4 Å². The van der Waals surface area contributed by atoms with Crippen LogP contribution in [-0.4, -0.2) is 45.5 Å². The van der Waals surface area contributed by atoms with E-state index in [1.165, 1.54) is 0 Å². The fourth-order valence-electron chi connectivity index (χ4n) is 0.0106. The maximum atomic E-state index is 10.4. The normalized spacial score (nSPS) is 11.4. The first-order valence-electron chi connectivity index (χ1n) is 3.67. The van der Waals surface area contributed by atoms with Gasteiger partial charge in [0.25, 0.3) is 0 Å². The molecule has 0 aromatic rings. The van der Waals surface area contributed by atoms with Crippen molar-refractivity contribution in [2.75, 3.05) is 0 Å². The van der Waals surface area contributed by atoms with E-state index >= 15 is 0 Å². The number of rotatable bonds is 2. The Morgan fingerprint density at radius 3 is 0.696 bits per heavy atom. The van der Waals surface area contributed by atoms with E-state index in [0.29, 0.717) is 0 Å². The van der Waals surface area contributed by atoms with Crippen molar-refractivity contribution in [2.24, 2.45) is 0 Å². The molecule has 1 N–H and O–H groups in total. The monoisotopic (exact) mass is 403 g/mol. The van der Waals surface area contributed by atoms with Gasteiger partial charge in [-0.2, -0.15) is 0 Å². The summed E-state index contributed by atoms with van der Waals surface area (Å²) < 4.78 is 151. The van der Waals surface area contributed by atoms with Crippen LogP contribution >= 0.6 is 7.82 Å². The summed E-state index contributed by atoms with van der Waals surface area (Å²) in [6.45, 7) is 0. The van der Waals surface area contributed by atoms with Gasteiger partial charge < -0.3 is 51.8 Å². The number of hydrogen-bond acceptors (Lipinski definition) is 3. The van der Waals surface area contributed by atoms with E-state index in [9.17, 15) is 65.4 Å². The van der Waals surface area contributed by atoms with Crippen molar-refractivity contribution in [1.29, 1.82) is 0 Å². The summed E-state index contributed by atoms with van der Waals surface area (Å²) in [6, 6.07) is 0. The molecular formula is H2B3F14LiO4P-3. The summed E-state index contributed by atoms with van der Waals surface area (Å²) >= 11 is 0. The molecule has 4 nitrogen and oxygen atoms in total. The summed E-state index contributed by atoms with van der Waals surface area (Å²) in [5.41, 5.74) is 0. The van der Waals surface area contributed by atoms with Crippen molar-refractivity contribution in [3.05, 3.63) is 0 Å². The number of hydrogen-bond donors (Lipinski definition) is 1. The second-order valence-electron chi connectivity index (χ2n) is 2.09. The Balaban J connectivity index is -0.0000000625. The molecule has 0 spiro atoms. The van der Waals surface area contributed by atoms with Crippen LogP contribution in [0.15, 0.2) is 0 Å². The van der Waals surface area contributed by atoms with E-state index in [1.54, 1.807) is 0 Å². The average molecular weight is 402 g/mol. The molecule has 0 atom stereocenters. The first-order valence-corrected chi connectivity index (χ1v) is 5.17. The van der Waals surface area contributed by atoms with Crippen molar-refractivity contribution < 1.29 is 79.8 Å². The predicted molar refractivity (Wildman–Crippen MR) is 51.9 cm³/mol. The molecule has 0 aromatic heterocycles. The Morgan fingerprint density at radius 1 is 0.609 bits per heavy atom. The van der Waals surface area contributed by atoms with Crippen molar-refractivity contribution in [2.45, 2.75) is 0 Å². The van der Waals surface area contributed by atoms with Crippen molar-refractivity contribution in [3.8, 4) is 0 Å². The fourth-order valence-corrected chi connectivity index (χ4v) is 0.0319. The van der Waals surface area contributed by atoms with Crippen LogP contribution < -0.4 is 0 Å². The second kappa shape index (κ2) is 14.3. The van der Waals surface area contributed by atoms with Crippen LogP contribution in [0.4, 0.5) is 60.8 Å². The van der Waals surface area contributed by atoms with Crippen LogP contribution in [-0.2, 0) is 14.0 Å². The van der Waals surface area contributed by atoms with Gasteiger partial charge in [0.2, 0.25) is 0 Å². The maximum absolute atomic E-state index is 10.4. The molecule has 23 heavy (non-hydrogen) atoms. The van der Waals surface area contributed by atoms with E-state index in [-0.39, 0.29) is 18.9 Å². The Hall–Kier alpha value is -0.0778. The molecule has 0 aliphatic heterocycles. The van der Waals surface area contributed by atoms with Crippen LogP contribution in [0.25, 0.3) is 0 Å². The first kappa shape index (κ1) is 34.3. The Bertz CT molecular complexity index is 243. The molecule has 0 aromatic carbocycles. The molecule has 23 heteroatoms. The van der Waals surface area contributed by atoms with Crippen molar-refractivity contribution in [3.63, 3.8) is 0 Å². The molecule has 0 heterocycles. The van der Waals surface area contributed by atoms with Gasteiger partial charge in [-0.1, -0.05) is 9.46 Å². The molecule has 0 amide bonds. The summed E-state index contributed by atoms with van der Waals surface area (Å²) in [4.78, 5) is 7.49. The predicted octanol–water partition coefficient (Wildman–Crippen LogP) is 4.14. The molecule has 142 valence electrons. The molecule has 0 aliphatic carbocycles. The zero-order valence-corrected chi connectivity index (χ0v) is 10.0. The Labute approximate surface area is 129 Å². The third-order valence-electron chi connectivity index (χ3n) is 0.174. The van der Waals surface area contributed by atoms with Gasteiger partial charge in [0, 0.05) is 0 Å². The third-order valence-corrected chi connectivity index (χ3v) is 0.523. The second-order valence-corrected chi connectivity index (χ2v) is 3.30. The van der Waals surface area contributed by atoms with Gasteiger partial charge in [-0.05, 0) is 9.05 Å². The summed E-state index contributed by atoms with van der Waals surface area (Å²) in [6.07, 6.45) is 0. The summed E-state index contributed by atoms with van der Waals surface area (Å²) in [7, 11) is -23.0. The number of phosphoric acid groups is 1.